The maximum absolute atomic E-state index is 12.6. The monoisotopic (exact) mass is 652 g/mol. The zero-order valence-corrected chi connectivity index (χ0v) is 25.8. The molecule has 0 saturated heterocycles. The van der Waals surface area contributed by atoms with E-state index in [4.69, 9.17) is 28.4 Å². The standard InChI is InChI=1S/C37H32O11/c1-2-34(39)44-24-6-4-3-5-23-43-29-13-7-26(8-14-29)35(40)46-31-17-11-28(12-18-31)37(42)48-33-21-19-32(20-22-33)47-36(41)27-9-15-30(16-10-27)45-25-38/h2,7-22,25H,1,3-6,23-24H2. The van der Waals surface area contributed by atoms with Crippen LogP contribution in [0.25, 0.3) is 0 Å². The van der Waals surface area contributed by atoms with Gasteiger partial charge >= 0.3 is 23.9 Å². The molecule has 0 fully saturated rings. The lowest BCUT2D eigenvalue weighted by Crippen LogP contribution is -2.10. The largest absolute Gasteiger partial charge is 0.494 e. The van der Waals surface area contributed by atoms with Crippen molar-refractivity contribution in [3.8, 4) is 28.7 Å². The van der Waals surface area contributed by atoms with E-state index < -0.39 is 23.9 Å². The van der Waals surface area contributed by atoms with E-state index in [1.165, 1.54) is 72.8 Å². The van der Waals surface area contributed by atoms with Crippen LogP contribution in [0.5, 0.6) is 28.7 Å². The molecule has 0 radical (unpaired) electrons. The Morgan fingerprint density at radius 2 is 0.875 bits per heavy atom. The van der Waals surface area contributed by atoms with E-state index in [-0.39, 0.29) is 34.8 Å². The van der Waals surface area contributed by atoms with Gasteiger partial charge in [0.2, 0.25) is 0 Å². The lowest BCUT2D eigenvalue weighted by molar-refractivity contribution is -0.137. The second-order valence-electron chi connectivity index (χ2n) is 10.1. The summed E-state index contributed by atoms with van der Waals surface area (Å²) in [4.78, 5) is 59.0. The lowest BCUT2D eigenvalue weighted by atomic mass is 10.2. The highest BCUT2D eigenvalue weighted by Gasteiger charge is 2.13. The highest BCUT2D eigenvalue weighted by molar-refractivity contribution is 5.93. The van der Waals surface area contributed by atoms with E-state index in [9.17, 15) is 24.0 Å². The van der Waals surface area contributed by atoms with E-state index in [0.717, 1.165) is 31.8 Å². The summed E-state index contributed by atoms with van der Waals surface area (Å²) in [5.41, 5.74) is 0.809. The van der Waals surface area contributed by atoms with Gasteiger partial charge in [-0.25, -0.2) is 19.2 Å². The minimum atomic E-state index is -0.639. The topological polar surface area (TPSA) is 141 Å². The van der Waals surface area contributed by atoms with Crippen LogP contribution in [0.1, 0.15) is 56.8 Å². The van der Waals surface area contributed by atoms with Crippen molar-refractivity contribution in [2.45, 2.75) is 25.7 Å². The van der Waals surface area contributed by atoms with E-state index in [1.54, 1.807) is 24.3 Å². The molecule has 4 aromatic carbocycles. The molecule has 0 saturated carbocycles. The zero-order valence-electron chi connectivity index (χ0n) is 25.8. The normalized spacial score (nSPS) is 10.2. The fourth-order valence-corrected chi connectivity index (χ4v) is 4.12. The quantitative estimate of drug-likeness (QED) is 0.0403. The number of benzene rings is 4. The highest BCUT2D eigenvalue weighted by atomic mass is 16.5. The van der Waals surface area contributed by atoms with Crippen LogP contribution in [0.3, 0.4) is 0 Å². The molecule has 0 bridgehead atoms. The minimum absolute atomic E-state index is 0.224. The molecule has 0 N–H and O–H groups in total. The van der Waals surface area contributed by atoms with Gasteiger partial charge in [-0.05, 0) is 123 Å². The van der Waals surface area contributed by atoms with Gasteiger partial charge in [0.15, 0.2) is 0 Å². The molecule has 0 heterocycles. The van der Waals surface area contributed by atoms with Crippen LogP contribution in [0.2, 0.25) is 0 Å². The molecule has 0 aliphatic rings. The summed E-state index contributed by atoms with van der Waals surface area (Å²) < 4.78 is 31.5. The Morgan fingerprint density at radius 1 is 0.500 bits per heavy atom. The number of unbranched alkanes of at least 4 members (excludes halogenated alkanes) is 3. The number of carbonyl (C=O) groups excluding carboxylic acids is 5. The number of esters is 4. The second kappa shape index (κ2) is 18.1. The zero-order chi connectivity index (χ0) is 34.1. The van der Waals surface area contributed by atoms with Crippen molar-refractivity contribution in [1.82, 2.24) is 0 Å². The Balaban J connectivity index is 1.18. The maximum atomic E-state index is 12.6. The van der Waals surface area contributed by atoms with Gasteiger partial charge < -0.3 is 28.4 Å². The molecular weight excluding hydrogens is 620 g/mol. The van der Waals surface area contributed by atoms with Crippen molar-refractivity contribution >= 4 is 30.3 Å². The molecule has 48 heavy (non-hydrogen) atoms. The number of hydrogen-bond acceptors (Lipinski definition) is 11. The molecule has 4 aromatic rings. The first-order valence-electron chi connectivity index (χ1n) is 14.9. The molecule has 11 nitrogen and oxygen atoms in total. The number of carbonyl (C=O) groups is 5. The lowest BCUT2D eigenvalue weighted by Gasteiger charge is -2.09. The Labute approximate surface area is 276 Å². The Morgan fingerprint density at radius 3 is 1.29 bits per heavy atom. The first-order valence-corrected chi connectivity index (χ1v) is 14.9. The molecule has 0 unspecified atom stereocenters. The van der Waals surface area contributed by atoms with Crippen molar-refractivity contribution in [1.29, 1.82) is 0 Å². The first-order chi connectivity index (χ1) is 23.3. The second-order valence-corrected chi connectivity index (χ2v) is 10.1. The predicted octanol–water partition coefficient (Wildman–Crippen LogP) is 6.55. The van der Waals surface area contributed by atoms with Gasteiger partial charge in [0, 0.05) is 6.08 Å². The summed E-state index contributed by atoms with van der Waals surface area (Å²) in [6.07, 6.45) is 4.60. The van der Waals surface area contributed by atoms with Gasteiger partial charge in [0.1, 0.15) is 28.7 Å². The van der Waals surface area contributed by atoms with Gasteiger partial charge in [0.05, 0.1) is 29.9 Å². The van der Waals surface area contributed by atoms with Crippen molar-refractivity contribution < 1.29 is 52.4 Å². The van der Waals surface area contributed by atoms with Crippen LogP contribution in [0.4, 0.5) is 0 Å². The Bertz CT molecular complexity index is 1690. The number of hydrogen-bond donors (Lipinski definition) is 0. The molecule has 0 aliphatic carbocycles. The van der Waals surface area contributed by atoms with Crippen LogP contribution >= 0.6 is 0 Å². The van der Waals surface area contributed by atoms with Crippen LogP contribution in [-0.4, -0.2) is 43.6 Å². The van der Waals surface area contributed by atoms with Gasteiger partial charge in [0.25, 0.3) is 6.47 Å². The van der Waals surface area contributed by atoms with Crippen LogP contribution in [0.15, 0.2) is 110 Å². The van der Waals surface area contributed by atoms with Crippen LogP contribution in [-0.2, 0) is 14.3 Å². The molecule has 0 aliphatic heterocycles. The van der Waals surface area contributed by atoms with Crippen molar-refractivity contribution in [2.24, 2.45) is 0 Å². The third-order valence-corrected chi connectivity index (χ3v) is 6.63. The molecule has 11 heteroatoms. The average molecular weight is 653 g/mol. The Kier molecular flexibility index (Phi) is 13.0. The number of ether oxygens (including phenoxy) is 6. The van der Waals surface area contributed by atoms with Crippen molar-refractivity contribution in [3.63, 3.8) is 0 Å². The Hall–Kier alpha value is -6.23. The average Bonchev–Trinajstić information content (AvgIpc) is 3.11. The molecule has 0 aromatic heterocycles. The summed E-state index contributed by atoms with van der Waals surface area (Å²) in [6, 6.07) is 24.2. The third-order valence-electron chi connectivity index (χ3n) is 6.63. The molecular formula is C37H32O11. The number of rotatable bonds is 17. The summed E-state index contributed by atoms with van der Waals surface area (Å²) in [5, 5.41) is 0. The fourth-order valence-electron chi connectivity index (χ4n) is 4.12. The summed E-state index contributed by atoms with van der Waals surface area (Å²) in [7, 11) is 0. The van der Waals surface area contributed by atoms with Gasteiger partial charge in [-0.15, -0.1) is 0 Å². The van der Waals surface area contributed by atoms with Gasteiger partial charge in [-0.3, -0.25) is 4.79 Å². The molecule has 4 rings (SSSR count). The molecule has 0 spiro atoms. The van der Waals surface area contributed by atoms with E-state index >= 15 is 0 Å². The van der Waals surface area contributed by atoms with E-state index in [1.807, 2.05) is 0 Å². The predicted molar refractivity (Wildman–Crippen MR) is 172 cm³/mol. The third kappa shape index (κ3) is 11.0. The highest BCUT2D eigenvalue weighted by Crippen LogP contribution is 2.22. The molecule has 0 atom stereocenters. The fraction of sp³-hybridized carbons (Fsp3) is 0.162. The van der Waals surface area contributed by atoms with Gasteiger partial charge in [-0.1, -0.05) is 6.58 Å². The molecule has 246 valence electrons. The maximum Gasteiger partial charge on any atom is 0.343 e. The summed E-state index contributed by atoms with van der Waals surface area (Å²) >= 11 is 0. The van der Waals surface area contributed by atoms with Crippen LogP contribution in [0, 0.1) is 0 Å². The van der Waals surface area contributed by atoms with Crippen molar-refractivity contribution in [3.05, 3.63) is 126 Å². The van der Waals surface area contributed by atoms with E-state index in [2.05, 4.69) is 6.58 Å². The summed E-state index contributed by atoms with van der Waals surface area (Å²) in [5.74, 6) is -0.630. The summed E-state index contributed by atoms with van der Waals surface area (Å²) in [6.45, 7) is 4.53. The van der Waals surface area contributed by atoms with Gasteiger partial charge in [-0.2, -0.15) is 0 Å². The van der Waals surface area contributed by atoms with Crippen molar-refractivity contribution in [2.75, 3.05) is 13.2 Å². The molecule has 0 amide bonds. The first kappa shape index (κ1) is 34.6. The smallest absolute Gasteiger partial charge is 0.343 e. The SMILES string of the molecule is C=CC(=O)OCCCCCCOc1ccc(C(=O)Oc2ccc(C(=O)Oc3ccc(OC(=O)c4ccc(OC=O)cc4)cc3)cc2)cc1. The van der Waals surface area contributed by atoms with E-state index in [0.29, 0.717) is 30.3 Å². The minimum Gasteiger partial charge on any atom is -0.494 e. The van der Waals surface area contributed by atoms with Crippen LogP contribution < -0.4 is 23.7 Å².